The maximum Gasteiger partial charge on any atom is 0.153 e. The molecule has 0 rings (SSSR count). The molecule has 0 radical (unpaired) electrons. The SMILES string of the molecule is CC(C)NC[SH](=O)=O. The Labute approximate surface area is 51.0 Å². The van der Waals surface area contributed by atoms with Crippen LogP contribution in [0.1, 0.15) is 13.8 Å². The van der Waals surface area contributed by atoms with Gasteiger partial charge < -0.3 is 5.32 Å². The minimum atomic E-state index is -2.24. The van der Waals surface area contributed by atoms with Crippen LogP contribution in [0.2, 0.25) is 0 Å². The van der Waals surface area contributed by atoms with Crippen LogP contribution >= 0.6 is 0 Å². The summed E-state index contributed by atoms with van der Waals surface area (Å²) in [5.74, 6) is 0.0903. The third-order valence-corrected chi connectivity index (χ3v) is 1.07. The van der Waals surface area contributed by atoms with Gasteiger partial charge in [0.05, 0.1) is 5.88 Å². The standard InChI is InChI=1S/C4H11NO2S/c1-4(2)5-3-8(6)7/h4-5,8H,3H2,1-2H3. The average molecular weight is 137 g/mol. The van der Waals surface area contributed by atoms with Crippen molar-refractivity contribution in [3.05, 3.63) is 0 Å². The third-order valence-electron chi connectivity index (χ3n) is 0.629. The molecule has 0 aliphatic heterocycles. The van der Waals surface area contributed by atoms with Crippen LogP contribution in [-0.2, 0) is 10.7 Å². The lowest BCUT2D eigenvalue weighted by atomic mass is 10.4. The Morgan fingerprint density at radius 2 is 2.00 bits per heavy atom. The number of nitrogens with one attached hydrogen (secondary N) is 1. The van der Waals surface area contributed by atoms with Crippen molar-refractivity contribution in [1.29, 1.82) is 0 Å². The van der Waals surface area contributed by atoms with E-state index in [1.807, 2.05) is 13.8 Å². The average Bonchev–Trinajstić information content (AvgIpc) is 1.61. The second kappa shape index (κ2) is 3.86. The molecule has 50 valence electrons. The molecule has 0 aliphatic carbocycles. The van der Waals surface area contributed by atoms with Gasteiger partial charge in [-0.05, 0) is 0 Å². The summed E-state index contributed by atoms with van der Waals surface area (Å²) in [4.78, 5) is 0. The molecule has 0 saturated carbocycles. The summed E-state index contributed by atoms with van der Waals surface area (Å²) < 4.78 is 19.8. The summed E-state index contributed by atoms with van der Waals surface area (Å²) in [5, 5.41) is 2.75. The van der Waals surface area contributed by atoms with Crippen molar-refractivity contribution >= 4 is 10.7 Å². The van der Waals surface area contributed by atoms with E-state index in [1.54, 1.807) is 0 Å². The molecule has 8 heavy (non-hydrogen) atoms. The van der Waals surface area contributed by atoms with E-state index in [2.05, 4.69) is 5.32 Å². The molecule has 3 nitrogen and oxygen atoms in total. The molecule has 0 aliphatic rings. The molecule has 0 aromatic heterocycles. The number of thiol groups is 1. The van der Waals surface area contributed by atoms with Gasteiger partial charge >= 0.3 is 0 Å². The molecular weight excluding hydrogens is 126 g/mol. The fourth-order valence-corrected chi connectivity index (χ4v) is 0.771. The zero-order valence-electron chi connectivity index (χ0n) is 5.05. The van der Waals surface area contributed by atoms with E-state index in [0.29, 0.717) is 0 Å². The highest BCUT2D eigenvalue weighted by atomic mass is 32.2. The fraction of sp³-hybridized carbons (Fsp3) is 1.00. The minimum absolute atomic E-state index is 0.0903. The van der Waals surface area contributed by atoms with E-state index in [9.17, 15) is 8.42 Å². The lowest BCUT2D eigenvalue weighted by molar-refractivity contribution is 0.590. The second-order valence-corrected chi connectivity index (χ2v) is 2.83. The number of rotatable bonds is 3. The van der Waals surface area contributed by atoms with Gasteiger partial charge in [0, 0.05) is 6.04 Å². The summed E-state index contributed by atoms with van der Waals surface area (Å²) in [6, 6.07) is 0.253. The maximum absolute atomic E-state index is 9.88. The van der Waals surface area contributed by atoms with Crippen LogP contribution in [0.3, 0.4) is 0 Å². The van der Waals surface area contributed by atoms with E-state index >= 15 is 0 Å². The summed E-state index contributed by atoms with van der Waals surface area (Å²) in [5.41, 5.74) is 0. The molecule has 0 amide bonds. The minimum Gasteiger partial charge on any atom is -0.302 e. The van der Waals surface area contributed by atoms with Gasteiger partial charge in [0.15, 0.2) is 10.7 Å². The maximum atomic E-state index is 9.88. The van der Waals surface area contributed by atoms with Crippen molar-refractivity contribution in [2.45, 2.75) is 19.9 Å². The van der Waals surface area contributed by atoms with E-state index in [4.69, 9.17) is 0 Å². The highest BCUT2D eigenvalue weighted by molar-refractivity contribution is 7.72. The lowest BCUT2D eigenvalue weighted by Gasteiger charge is -2.00. The Hall–Kier alpha value is -0.0900. The van der Waals surface area contributed by atoms with Crippen LogP contribution in [0.15, 0.2) is 0 Å². The molecule has 0 fully saturated rings. The summed E-state index contributed by atoms with van der Waals surface area (Å²) >= 11 is 0. The van der Waals surface area contributed by atoms with Crippen LogP contribution < -0.4 is 5.32 Å². The molecular formula is C4H11NO2S. The van der Waals surface area contributed by atoms with Crippen molar-refractivity contribution < 1.29 is 8.42 Å². The van der Waals surface area contributed by atoms with Gasteiger partial charge in [-0.1, -0.05) is 13.8 Å². The summed E-state index contributed by atoms with van der Waals surface area (Å²) in [7, 11) is -2.24. The zero-order valence-corrected chi connectivity index (χ0v) is 5.94. The largest absolute Gasteiger partial charge is 0.302 e. The van der Waals surface area contributed by atoms with Crippen LogP contribution in [0.5, 0.6) is 0 Å². The predicted molar refractivity (Wildman–Crippen MR) is 33.5 cm³/mol. The Bertz CT molecular complexity index is 111. The highest BCUT2D eigenvalue weighted by Crippen LogP contribution is 1.72. The van der Waals surface area contributed by atoms with Crippen LogP contribution in [0.25, 0.3) is 0 Å². The molecule has 0 aromatic rings. The molecule has 0 saturated heterocycles. The van der Waals surface area contributed by atoms with Gasteiger partial charge in [0.2, 0.25) is 0 Å². The molecule has 4 heteroatoms. The first-order chi connectivity index (χ1) is 3.63. The van der Waals surface area contributed by atoms with Gasteiger partial charge in [-0.15, -0.1) is 0 Å². The molecule has 0 spiro atoms. The molecule has 1 N–H and O–H groups in total. The summed E-state index contributed by atoms with van der Waals surface area (Å²) in [6.07, 6.45) is 0. The molecule has 0 aromatic carbocycles. The molecule has 0 unspecified atom stereocenters. The first-order valence-electron chi connectivity index (χ1n) is 2.48. The number of hydrogen-bond acceptors (Lipinski definition) is 3. The number of hydrogen-bond donors (Lipinski definition) is 2. The van der Waals surface area contributed by atoms with E-state index in [0.717, 1.165) is 0 Å². The van der Waals surface area contributed by atoms with Gasteiger partial charge in [0.1, 0.15) is 0 Å². The van der Waals surface area contributed by atoms with Gasteiger partial charge in [-0.3, -0.25) is 0 Å². The first-order valence-corrected chi connectivity index (χ1v) is 3.84. The predicted octanol–water partition coefficient (Wildman–Crippen LogP) is -0.447. The Balaban J connectivity index is 3.18. The second-order valence-electron chi connectivity index (χ2n) is 1.85. The van der Waals surface area contributed by atoms with Crippen molar-refractivity contribution in [3.63, 3.8) is 0 Å². The van der Waals surface area contributed by atoms with E-state index in [1.165, 1.54) is 0 Å². The Morgan fingerprint density at radius 3 is 2.12 bits per heavy atom. The van der Waals surface area contributed by atoms with Crippen molar-refractivity contribution in [2.24, 2.45) is 0 Å². The Kier molecular flexibility index (Phi) is 3.81. The quantitative estimate of drug-likeness (QED) is 0.518. The molecule has 0 heterocycles. The zero-order chi connectivity index (χ0) is 6.57. The fourth-order valence-electron chi connectivity index (χ4n) is 0.257. The smallest absolute Gasteiger partial charge is 0.153 e. The van der Waals surface area contributed by atoms with Crippen molar-refractivity contribution in [2.75, 3.05) is 5.88 Å². The normalized spacial score (nSPS) is 11.0. The lowest BCUT2D eigenvalue weighted by Crippen LogP contribution is -2.24. The van der Waals surface area contributed by atoms with Crippen LogP contribution in [0.4, 0.5) is 0 Å². The van der Waals surface area contributed by atoms with Crippen molar-refractivity contribution in [1.82, 2.24) is 5.32 Å². The van der Waals surface area contributed by atoms with Crippen LogP contribution in [0, 0.1) is 0 Å². The van der Waals surface area contributed by atoms with Crippen LogP contribution in [-0.4, -0.2) is 20.3 Å². The van der Waals surface area contributed by atoms with E-state index < -0.39 is 10.7 Å². The monoisotopic (exact) mass is 137 g/mol. The van der Waals surface area contributed by atoms with Crippen molar-refractivity contribution in [3.8, 4) is 0 Å². The highest BCUT2D eigenvalue weighted by Gasteiger charge is 1.89. The van der Waals surface area contributed by atoms with Gasteiger partial charge in [-0.25, -0.2) is 8.42 Å². The first kappa shape index (κ1) is 7.91. The summed E-state index contributed by atoms with van der Waals surface area (Å²) in [6.45, 7) is 3.80. The van der Waals surface area contributed by atoms with E-state index in [-0.39, 0.29) is 11.9 Å². The molecule has 0 bridgehead atoms. The third kappa shape index (κ3) is 5.91. The Morgan fingerprint density at radius 1 is 1.50 bits per heavy atom. The molecule has 0 atom stereocenters. The topological polar surface area (TPSA) is 46.2 Å². The van der Waals surface area contributed by atoms with Gasteiger partial charge in [0.25, 0.3) is 0 Å². The van der Waals surface area contributed by atoms with Gasteiger partial charge in [-0.2, -0.15) is 0 Å².